The molecule has 0 saturated carbocycles. The van der Waals surface area contributed by atoms with Crippen molar-refractivity contribution in [2.24, 2.45) is 0 Å². The molecule has 0 aliphatic rings. The second-order valence-electron chi connectivity index (χ2n) is 3.83. The zero-order chi connectivity index (χ0) is 12.1. The highest BCUT2D eigenvalue weighted by molar-refractivity contribution is 5.50. The average molecular weight is 226 g/mol. The van der Waals surface area contributed by atoms with Crippen molar-refractivity contribution in [2.45, 2.75) is 6.42 Å². The van der Waals surface area contributed by atoms with Crippen LogP contribution in [0.1, 0.15) is 11.1 Å². The molecule has 0 saturated heterocycles. The summed E-state index contributed by atoms with van der Waals surface area (Å²) in [5, 5.41) is 18.9. The molecule has 2 N–H and O–H groups in total. The summed E-state index contributed by atoms with van der Waals surface area (Å²) in [5.41, 5.74) is 1.84. The maximum Gasteiger partial charge on any atom is 0.119 e. The largest absolute Gasteiger partial charge is 0.508 e. The van der Waals surface area contributed by atoms with Gasteiger partial charge >= 0.3 is 0 Å². The normalized spacial score (nSPS) is 10.8. The molecular weight excluding hydrogens is 212 g/mol. The third-order valence-electron chi connectivity index (χ3n) is 2.51. The van der Waals surface area contributed by atoms with Gasteiger partial charge in [-0.15, -0.1) is 0 Å². The van der Waals surface area contributed by atoms with E-state index in [1.54, 1.807) is 6.07 Å². The first kappa shape index (κ1) is 11.3. The van der Waals surface area contributed by atoms with E-state index in [1.807, 2.05) is 42.5 Å². The van der Waals surface area contributed by atoms with Gasteiger partial charge in [-0.05, 0) is 30.2 Å². The average Bonchev–Trinajstić information content (AvgIpc) is 2.35. The molecule has 0 atom stereocenters. The van der Waals surface area contributed by atoms with Crippen molar-refractivity contribution in [3.8, 4) is 11.5 Å². The molecule has 0 radical (unpaired) electrons. The fraction of sp³-hybridized carbons (Fsp3) is 0.0667. The first-order valence-corrected chi connectivity index (χ1v) is 5.48. The van der Waals surface area contributed by atoms with Crippen LogP contribution in [0.5, 0.6) is 11.5 Å². The van der Waals surface area contributed by atoms with Gasteiger partial charge in [0.2, 0.25) is 0 Å². The van der Waals surface area contributed by atoms with Crippen molar-refractivity contribution in [3.63, 3.8) is 0 Å². The maximum atomic E-state index is 9.59. The van der Waals surface area contributed by atoms with Gasteiger partial charge < -0.3 is 10.2 Å². The highest BCUT2D eigenvalue weighted by atomic mass is 16.3. The van der Waals surface area contributed by atoms with E-state index in [0.29, 0.717) is 6.42 Å². The Hall–Kier alpha value is -2.22. The van der Waals surface area contributed by atoms with Crippen molar-refractivity contribution < 1.29 is 10.2 Å². The van der Waals surface area contributed by atoms with Crippen LogP contribution in [0.25, 0.3) is 6.08 Å². The van der Waals surface area contributed by atoms with Gasteiger partial charge in [0, 0.05) is 5.56 Å². The number of aromatic hydroxyl groups is 2. The van der Waals surface area contributed by atoms with Crippen molar-refractivity contribution >= 4 is 6.08 Å². The van der Waals surface area contributed by atoms with Crippen molar-refractivity contribution in [1.29, 1.82) is 0 Å². The predicted molar refractivity (Wildman–Crippen MR) is 69.0 cm³/mol. The van der Waals surface area contributed by atoms with Crippen LogP contribution < -0.4 is 0 Å². The van der Waals surface area contributed by atoms with Crippen LogP contribution in [0.2, 0.25) is 0 Å². The van der Waals surface area contributed by atoms with Crippen molar-refractivity contribution in [2.75, 3.05) is 0 Å². The minimum absolute atomic E-state index is 0.172. The van der Waals surface area contributed by atoms with Gasteiger partial charge in [0.15, 0.2) is 0 Å². The minimum atomic E-state index is 0.172. The molecule has 0 spiro atoms. The number of rotatable bonds is 3. The van der Waals surface area contributed by atoms with Gasteiger partial charge in [-0.25, -0.2) is 0 Å². The molecular formula is C15H14O2. The van der Waals surface area contributed by atoms with E-state index in [1.165, 1.54) is 12.1 Å². The minimum Gasteiger partial charge on any atom is -0.508 e. The number of hydrogen-bond acceptors (Lipinski definition) is 2. The van der Waals surface area contributed by atoms with E-state index < -0.39 is 0 Å². The molecule has 2 heteroatoms. The molecule has 0 heterocycles. The second kappa shape index (κ2) is 5.21. The SMILES string of the molecule is Oc1ccc(O)c(CC=Cc2ccccc2)c1. The highest BCUT2D eigenvalue weighted by Crippen LogP contribution is 2.22. The van der Waals surface area contributed by atoms with E-state index in [-0.39, 0.29) is 11.5 Å². The van der Waals surface area contributed by atoms with E-state index in [4.69, 9.17) is 0 Å². The Labute approximate surface area is 100 Å². The molecule has 0 unspecified atom stereocenters. The molecule has 0 aromatic heterocycles. The summed E-state index contributed by atoms with van der Waals surface area (Å²) in [4.78, 5) is 0. The molecule has 2 aromatic rings. The fourth-order valence-corrected chi connectivity index (χ4v) is 1.62. The first-order chi connectivity index (χ1) is 8.25. The zero-order valence-corrected chi connectivity index (χ0v) is 9.38. The molecule has 0 amide bonds. The maximum absolute atomic E-state index is 9.59. The van der Waals surface area contributed by atoms with Crippen LogP contribution in [0.4, 0.5) is 0 Å². The molecule has 2 nitrogen and oxygen atoms in total. The molecule has 2 aromatic carbocycles. The molecule has 0 bridgehead atoms. The van der Waals surface area contributed by atoms with Crippen LogP contribution in [0.3, 0.4) is 0 Å². The third-order valence-corrected chi connectivity index (χ3v) is 2.51. The smallest absolute Gasteiger partial charge is 0.119 e. The summed E-state index contributed by atoms with van der Waals surface area (Å²) in [7, 11) is 0. The number of phenolic OH excluding ortho intramolecular Hbond substituents is 2. The fourth-order valence-electron chi connectivity index (χ4n) is 1.62. The topological polar surface area (TPSA) is 40.5 Å². The Morgan fingerprint density at radius 3 is 2.47 bits per heavy atom. The van der Waals surface area contributed by atoms with Crippen molar-refractivity contribution in [1.82, 2.24) is 0 Å². The lowest BCUT2D eigenvalue weighted by molar-refractivity contribution is 0.455. The zero-order valence-electron chi connectivity index (χ0n) is 9.38. The molecule has 2 rings (SSSR count). The number of phenols is 2. The van der Waals surface area contributed by atoms with Crippen LogP contribution in [0, 0.1) is 0 Å². The van der Waals surface area contributed by atoms with Gasteiger partial charge in [0.05, 0.1) is 0 Å². The number of allylic oxidation sites excluding steroid dienone is 1. The van der Waals surface area contributed by atoms with E-state index in [2.05, 4.69) is 0 Å². The summed E-state index contributed by atoms with van der Waals surface area (Å²) in [5.74, 6) is 0.381. The monoisotopic (exact) mass is 226 g/mol. The van der Waals surface area contributed by atoms with Gasteiger partial charge in [-0.1, -0.05) is 42.5 Å². The molecule has 86 valence electrons. The summed E-state index contributed by atoms with van der Waals surface area (Å²) >= 11 is 0. The standard InChI is InChI=1S/C15H14O2/c16-14-9-10-15(17)13(11-14)8-4-7-12-5-2-1-3-6-12/h1-7,9-11,16-17H,8H2. The quantitative estimate of drug-likeness (QED) is 0.788. The molecule has 0 fully saturated rings. The Balaban J connectivity index is 2.07. The van der Waals surface area contributed by atoms with Gasteiger partial charge in [0.25, 0.3) is 0 Å². The lowest BCUT2D eigenvalue weighted by Gasteiger charge is -2.01. The lowest BCUT2D eigenvalue weighted by Crippen LogP contribution is -1.82. The summed E-state index contributed by atoms with van der Waals surface area (Å²) in [6, 6.07) is 14.5. The predicted octanol–water partition coefficient (Wildman–Crippen LogP) is 3.35. The number of hydrogen-bond donors (Lipinski definition) is 2. The highest BCUT2D eigenvalue weighted by Gasteiger charge is 1.99. The summed E-state index contributed by atoms with van der Waals surface area (Å²) in [6.45, 7) is 0. The third kappa shape index (κ3) is 3.11. The molecule has 0 aliphatic heterocycles. The van der Waals surface area contributed by atoms with Crippen LogP contribution in [-0.4, -0.2) is 10.2 Å². The van der Waals surface area contributed by atoms with E-state index >= 15 is 0 Å². The van der Waals surface area contributed by atoms with Crippen LogP contribution in [0.15, 0.2) is 54.6 Å². The Morgan fingerprint density at radius 1 is 0.941 bits per heavy atom. The van der Waals surface area contributed by atoms with Crippen LogP contribution >= 0.6 is 0 Å². The summed E-state index contributed by atoms with van der Waals surface area (Å²) < 4.78 is 0. The Morgan fingerprint density at radius 2 is 1.71 bits per heavy atom. The van der Waals surface area contributed by atoms with Gasteiger partial charge in [0.1, 0.15) is 11.5 Å². The second-order valence-corrected chi connectivity index (χ2v) is 3.83. The Kier molecular flexibility index (Phi) is 3.46. The number of benzene rings is 2. The Bertz CT molecular complexity index is 516. The van der Waals surface area contributed by atoms with Gasteiger partial charge in [-0.2, -0.15) is 0 Å². The van der Waals surface area contributed by atoms with Gasteiger partial charge in [-0.3, -0.25) is 0 Å². The molecule has 0 aliphatic carbocycles. The van der Waals surface area contributed by atoms with E-state index in [9.17, 15) is 10.2 Å². The lowest BCUT2D eigenvalue weighted by atomic mass is 10.1. The summed E-state index contributed by atoms with van der Waals surface area (Å²) in [6.07, 6.45) is 4.54. The first-order valence-electron chi connectivity index (χ1n) is 5.48. The van der Waals surface area contributed by atoms with Crippen LogP contribution in [-0.2, 0) is 6.42 Å². The van der Waals surface area contributed by atoms with Crippen molar-refractivity contribution in [3.05, 3.63) is 65.7 Å². The van der Waals surface area contributed by atoms with E-state index in [0.717, 1.165) is 11.1 Å². The molecule has 17 heavy (non-hydrogen) atoms.